The number of nitrogens with two attached hydrogens (primary N) is 1. The number of rotatable bonds is 4. The summed E-state index contributed by atoms with van der Waals surface area (Å²) in [4.78, 5) is 2.36. The molecule has 0 aromatic carbocycles. The Balaban J connectivity index is 2.30. The first-order valence-corrected chi connectivity index (χ1v) is 4.88. The van der Waals surface area contributed by atoms with Crippen molar-refractivity contribution in [3.05, 3.63) is 0 Å². The van der Waals surface area contributed by atoms with Crippen molar-refractivity contribution in [2.75, 3.05) is 19.6 Å². The fourth-order valence-electron chi connectivity index (χ4n) is 1.97. The van der Waals surface area contributed by atoms with Gasteiger partial charge in [-0.1, -0.05) is 0 Å². The first-order valence-electron chi connectivity index (χ1n) is 4.88. The molecule has 3 nitrogen and oxygen atoms in total. The zero-order valence-corrected chi connectivity index (χ0v) is 7.87. The molecule has 1 aliphatic rings. The molecule has 1 aliphatic heterocycles. The maximum Gasteiger partial charge on any atom is 0.0667 e. The molecule has 3 heteroatoms. The molecular weight excluding hydrogens is 152 g/mol. The van der Waals surface area contributed by atoms with Gasteiger partial charge in [-0.05, 0) is 45.8 Å². The average Bonchev–Trinajstić information content (AvgIpc) is 2.48. The topological polar surface area (TPSA) is 49.5 Å². The van der Waals surface area contributed by atoms with Crippen molar-refractivity contribution in [3.8, 4) is 0 Å². The van der Waals surface area contributed by atoms with Gasteiger partial charge in [0, 0.05) is 6.04 Å². The molecule has 1 heterocycles. The Kier molecular flexibility index (Phi) is 3.98. The first-order chi connectivity index (χ1) is 5.75. The van der Waals surface area contributed by atoms with Crippen LogP contribution in [0.2, 0.25) is 0 Å². The molecule has 0 aromatic rings. The van der Waals surface area contributed by atoms with Gasteiger partial charge in [-0.15, -0.1) is 0 Å². The Bertz CT molecular complexity index is 128. The lowest BCUT2D eigenvalue weighted by atomic mass is 10.1. The van der Waals surface area contributed by atoms with Crippen molar-refractivity contribution in [2.45, 2.75) is 38.3 Å². The van der Waals surface area contributed by atoms with Crippen LogP contribution in [-0.4, -0.2) is 41.8 Å². The standard InChI is InChI=1S/C9H20N2O/c1-8(12)9-4-2-6-11(9)7-3-5-10/h8-9,12H,2-7,10H2,1H3/t8-,9+/m1/s1. The lowest BCUT2D eigenvalue weighted by Gasteiger charge is -2.26. The molecule has 0 aromatic heterocycles. The van der Waals surface area contributed by atoms with Crippen molar-refractivity contribution in [1.82, 2.24) is 4.90 Å². The second-order valence-corrected chi connectivity index (χ2v) is 3.63. The Hall–Kier alpha value is -0.120. The van der Waals surface area contributed by atoms with Gasteiger partial charge >= 0.3 is 0 Å². The van der Waals surface area contributed by atoms with Gasteiger partial charge in [-0.2, -0.15) is 0 Å². The lowest BCUT2D eigenvalue weighted by Crippen LogP contribution is -2.38. The third kappa shape index (κ3) is 2.44. The molecule has 1 fully saturated rings. The van der Waals surface area contributed by atoms with E-state index in [0.717, 1.165) is 32.5 Å². The molecule has 2 atom stereocenters. The van der Waals surface area contributed by atoms with E-state index in [9.17, 15) is 5.11 Å². The Morgan fingerprint density at radius 3 is 3.00 bits per heavy atom. The summed E-state index contributed by atoms with van der Waals surface area (Å²) >= 11 is 0. The van der Waals surface area contributed by atoms with Gasteiger partial charge in [0.1, 0.15) is 0 Å². The van der Waals surface area contributed by atoms with E-state index in [1.807, 2.05) is 6.92 Å². The fourth-order valence-corrected chi connectivity index (χ4v) is 1.97. The van der Waals surface area contributed by atoms with E-state index in [4.69, 9.17) is 5.73 Å². The largest absolute Gasteiger partial charge is 0.392 e. The summed E-state index contributed by atoms with van der Waals surface area (Å²) in [7, 11) is 0. The molecule has 0 spiro atoms. The summed E-state index contributed by atoms with van der Waals surface area (Å²) in [6.45, 7) is 4.82. The number of likely N-dealkylation sites (tertiary alicyclic amines) is 1. The van der Waals surface area contributed by atoms with Crippen LogP contribution >= 0.6 is 0 Å². The quantitative estimate of drug-likeness (QED) is 0.636. The van der Waals surface area contributed by atoms with Crippen LogP contribution < -0.4 is 5.73 Å². The lowest BCUT2D eigenvalue weighted by molar-refractivity contribution is 0.0864. The molecular formula is C9H20N2O. The zero-order valence-electron chi connectivity index (χ0n) is 7.87. The minimum absolute atomic E-state index is 0.190. The van der Waals surface area contributed by atoms with Crippen LogP contribution in [0.4, 0.5) is 0 Å². The van der Waals surface area contributed by atoms with Crippen molar-refractivity contribution < 1.29 is 5.11 Å². The smallest absolute Gasteiger partial charge is 0.0667 e. The highest BCUT2D eigenvalue weighted by Crippen LogP contribution is 2.19. The normalized spacial score (nSPS) is 27.8. The first kappa shape index (κ1) is 9.96. The molecule has 0 unspecified atom stereocenters. The Labute approximate surface area is 74.5 Å². The molecule has 0 radical (unpaired) electrons. The van der Waals surface area contributed by atoms with Crippen LogP contribution in [0.15, 0.2) is 0 Å². The van der Waals surface area contributed by atoms with Gasteiger partial charge in [-0.3, -0.25) is 4.90 Å². The second kappa shape index (κ2) is 4.80. The summed E-state index contributed by atoms with van der Waals surface area (Å²) in [6.07, 6.45) is 3.22. The zero-order chi connectivity index (χ0) is 8.97. The summed E-state index contributed by atoms with van der Waals surface area (Å²) in [5.74, 6) is 0. The van der Waals surface area contributed by atoms with Gasteiger partial charge in [0.05, 0.1) is 6.10 Å². The summed E-state index contributed by atoms with van der Waals surface area (Å²) in [5, 5.41) is 9.45. The molecule has 0 saturated carbocycles. The highest BCUT2D eigenvalue weighted by Gasteiger charge is 2.27. The maximum atomic E-state index is 9.45. The second-order valence-electron chi connectivity index (χ2n) is 3.63. The summed E-state index contributed by atoms with van der Waals surface area (Å²) in [5.41, 5.74) is 5.44. The number of nitrogens with zero attached hydrogens (tertiary/aromatic N) is 1. The van der Waals surface area contributed by atoms with Gasteiger partial charge in [0.2, 0.25) is 0 Å². The predicted molar refractivity (Wildman–Crippen MR) is 49.9 cm³/mol. The summed E-state index contributed by atoms with van der Waals surface area (Å²) in [6, 6.07) is 0.386. The molecule has 12 heavy (non-hydrogen) atoms. The van der Waals surface area contributed by atoms with Gasteiger partial charge in [-0.25, -0.2) is 0 Å². The van der Waals surface area contributed by atoms with E-state index in [0.29, 0.717) is 6.04 Å². The van der Waals surface area contributed by atoms with E-state index in [-0.39, 0.29) is 6.10 Å². The van der Waals surface area contributed by atoms with E-state index in [2.05, 4.69) is 4.90 Å². The van der Waals surface area contributed by atoms with Crippen LogP contribution in [0.5, 0.6) is 0 Å². The third-order valence-corrected chi connectivity index (χ3v) is 2.62. The number of aliphatic hydroxyl groups excluding tert-OH is 1. The highest BCUT2D eigenvalue weighted by atomic mass is 16.3. The summed E-state index contributed by atoms with van der Waals surface area (Å²) < 4.78 is 0. The van der Waals surface area contributed by atoms with Crippen molar-refractivity contribution in [1.29, 1.82) is 0 Å². The SMILES string of the molecule is C[C@@H](O)[C@@H]1CCCN1CCCN. The van der Waals surface area contributed by atoms with E-state index >= 15 is 0 Å². The van der Waals surface area contributed by atoms with E-state index in [1.165, 1.54) is 6.42 Å². The van der Waals surface area contributed by atoms with Crippen molar-refractivity contribution in [3.63, 3.8) is 0 Å². The van der Waals surface area contributed by atoms with Crippen LogP contribution in [0, 0.1) is 0 Å². The average molecular weight is 172 g/mol. The Morgan fingerprint density at radius 1 is 1.67 bits per heavy atom. The molecule has 0 bridgehead atoms. The maximum absolute atomic E-state index is 9.45. The number of hydrogen-bond acceptors (Lipinski definition) is 3. The highest BCUT2D eigenvalue weighted by molar-refractivity contribution is 4.82. The minimum Gasteiger partial charge on any atom is -0.392 e. The van der Waals surface area contributed by atoms with Crippen LogP contribution in [-0.2, 0) is 0 Å². The molecule has 3 N–H and O–H groups in total. The molecule has 1 saturated heterocycles. The van der Waals surface area contributed by atoms with Crippen molar-refractivity contribution in [2.24, 2.45) is 5.73 Å². The molecule has 0 aliphatic carbocycles. The molecule has 1 rings (SSSR count). The van der Waals surface area contributed by atoms with Gasteiger partial charge in [0.15, 0.2) is 0 Å². The Morgan fingerprint density at radius 2 is 2.42 bits per heavy atom. The monoisotopic (exact) mass is 172 g/mol. The van der Waals surface area contributed by atoms with Gasteiger partial charge in [0.25, 0.3) is 0 Å². The van der Waals surface area contributed by atoms with E-state index in [1.54, 1.807) is 0 Å². The van der Waals surface area contributed by atoms with Gasteiger partial charge < -0.3 is 10.8 Å². The van der Waals surface area contributed by atoms with Crippen LogP contribution in [0.3, 0.4) is 0 Å². The van der Waals surface area contributed by atoms with Crippen LogP contribution in [0.25, 0.3) is 0 Å². The predicted octanol–water partition coefficient (Wildman–Crippen LogP) is 0.180. The number of hydrogen-bond donors (Lipinski definition) is 2. The van der Waals surface area contributed by atoms with Crippen molar-refractivity contribution >= 4 is 0 Å². The fraction of sp³-hybridized carbons (Fsp3) is 1.00. The molecule has 72 valence electrons. The molecule has 0 amide bonds. The van der Waals surface area contributed by atoms with E-state index < -0.39 is 0 Å². The third-order valence-electron chi connectivity index (χ3n) is 2.62. The number of aliphatic hydroxyl groups is 1. The van der Waals surface area contributed by atoms with Crippen LogP contribution in [0.1, 0.15) is 26.2 Å². The minimum atomic E-state index is -0.190.